The number of esters is 1. The van der Waals surface area contributed by atoms with Crippen molar-refractivity contribution in [3.63, 3.8) is 0 Å². The molecule has 24 heavy (non-hydrogen) atoms. The smallest absolute Gasteiger partial charge is 0.342 e. The number of pyridine rings is 1. The highest BCUT2D eigenvalue weighted by atomic mass is 35.5. The molecule has 0 spiro atoms. The van der Waals surface area contributed by atoms with Crippen molar-refractivity contribution < 1.29 is 14.3 Å². The number of amides is 1. The molecule has 7 heteroatoms. The van der Waals surface area contributed by atoms with E-state index < -0.39 is 18.5 Å². The lowest BCUT2D eigenvalue weighted by Crippen LogP contribution is -2.22. The van der Waals surface area contributed by atoms with Crippen LogP contribution in [0.4, 0.5) is 5.69 Å². The first kappa shape index (κ1) is 18.2. The molecule has 126 valence electrons. The predicted molar refractivity (Wildman–Crippen MR) is 93.8 cm³/mol. The van der Waals surface area contributed by atoms with E-state index in [9.17, 15) is 9.59 Å². The summed E-state index contributed by atoms with van der Waals surface area (Å²) in [7, 11) is 0. The second kappa shape index (κ2) is 7.64. The van der Waals surface area contributed by atoms with Crippen LogP contribution in [0.1, 0.15) is 27.2 Å². The lowest BCUT2D eigenvalue weighted by Gasteiger charge is -2.11. The number of benzene rings is 1. The Balaban J connectivity index is 2.02. The molecule has 0 saturated carbocycles. The number of carbonyl (C=O) groups excluding carboxylic acids is 2. The van der Waals surface area contributed by atoms with Gasteiger partial charge in [0.05, 0.1) is 5.56 Å². The molecule has 5 nitrogen and oxygen atoms in total. The Hall–Kier alpha value is -2.11. The minimum atomic E-state index is -0.692. The van der Waals surface area contributed by atoms with Gasteiger partial charge in [0.25, 0.3) is 5.91 Å². The number of aryl methyl sites for hydroxylation is 3. The molecule has 0 aliphatic heterocycles. The highest BCUT2D eigenvalue weighted by molar-refractivity contribution is 6.32. The van der Waals surface area contributed by atoms with Crippen molar-refractivity contribution in [1.82, 2.24) is 4.98 Å². The maximum Gasteiger partial charge on any atom is 0.342 e. The summed E-state index contributed by atoms with van der Waals surface area (Å²) < 4.78 is 5.03. The summed E-state index contributed by atoms with van der Waals surface area (Å²) in [6.07, 6.45) is 0. The first-order valence-corrected chi connectivity index (χ1v) is 7.90. The van der Waals surface area contributed by atoms with Crippen LogP contribution < -0.4 is 5.32 Å². The molecule has 1 aromatic heterocycles. The summed E-state index contributed by atoms with van der Waals surface area (Å²) in [5, 5.41) is 3.21. The molecule has 0 radical (unpaired) electrons. The molecule has 2 rings (SSSR count). The third kappa shape index (κ3) is 4.46. The summed E-state index contributed by atoms with van der Waals surface area (Å²) in [5.41, 5.74) is 2.91. The fourth-order valence-corrected chi connectivity index (χ4v) is 2.69. The van der Waals surface area contributed by atoms with E-state index in [1.54, 1.807) is 38.1 Å². The van der Waals surface area contributed by atoms with Crippen LogP contribution in [0, 0.1) is 20.8 Å². The predicted octanol–water partition coefficient (Wildman–Crippen LogP) is 4.11. The highest BCUT2D eigenvalue weighted by Gasteiger charge is 2.18. The Morgan fingerprint density at radius 2 is 1.83 bits per heavy atom. The molecule has 2 aromatic rings. The number of ether oxygens (including phenoxy) is 1. The molecule has 0 saturated heterocycles. The number of nitrogens with zero attached hydrogens (tertiary/aromatic N) is 1. The number of carbonyl (C=O) groups is 2. The number of rotatable bonds is 4. The summed E-state index contributed by atoms with van der Waals surface area (Å²) in [4.78, 5) is 28.1. The van der Waals surface area contributed by atoms with E-state index in [2.05, 4.69) is 10.3 Å². The molecule has 0 bridgehead atoms. The van der Waals surface area contributed by atoms with Gasteiger partial charge in [-0.3, -0.25) is 4.79 Å². The third-order valence-electron chi connectivity index (χ3n) is 3.31. The molecule has 0 unspecified atom stereocenters. The molecule has 0 atom stereocenters. The van der Waals surface area contributed by atoms with Gasteiger partial charge >= 0.3 is 5.97 Å². The van der Waals surface area contributed by atoms with Crippen molar-refractivity contribution in [3.05, 3.63) is 56.8 Å². The van der Waals surface area contributed by atoms with Crippen molar-refractivity contribution in [2.45, 2.75) is 20.8 Å². The van der Waals surface area contributed by atoms with Gasteiger partial charge in [0, 0.05) is 16.4 Å². The Bertz CT molecular complexity index is 783. The van der Waals surface area contributed by atoms with Gasteiger partial charge < -0.3 is 10.1 Å². The first-order chi connectivity index (χ1) is 11.3. The summed E-state index contributed by atoms with van der Waals surface area (Å²) in [6.45, 7) is 4.90. The normalized spacial score (nSPS) is 10.4. The molecule has 1 heterocycles. The molecular formula is C17H16Cl2N2O3. The van der Waals surface area contributed by atoms with E-state index in [0.29, 0.717) is 22.0 Å². The Morgan fingerprint density at radius 3 is 2.50 bits per heavy atom. The van der Waals surface area contributed by atoms with Crippen LogP contribution >= 0.6 is 23.2 Å². The van der Waals surface area contributed by atoms with Crippen LogP contribution in [-0.4, -0.2) is 23.5 Å². The van der Waals surface area contributed by atoms with Gasteiger partial charge in [0.1, 0.15) is 5.15 Å². The van der Waals surface area contributed by atoms with Gasteiger partial charge in [0.15, 0.2) is 6.61 Å². The highest BCUT2D eigenvalue weighted by Crippen LogP contribution is 2.21. The number of hydrogen-bond donors (Lipinski definition) is 1. The van der Waals surface area contributed by atoms with Crippen LogP contribution in [-0.2, 0) is 9.53 Å². The topological polar surface area (TPSA) is 68.3 Å². The Morgan fingerprint density at radius 1 is 1.12 bits per heavy atom. The fourth-order valence-electron chi connectivity index (χ4n) is 2.15. The lowest BCUT2D eigenvalue weighted by atomic mass is 10.1. The molecule has 1 aromatic carbocycles. The monoisotopic (exact) mass is 366 g/mol. The van der Waals surface area contributed by atoms with Gasteiger partial charge in [-0.1, -0.05) is 29.3 Å². The second-order valence-corrected chi connectivity index (χ2v) is 6.12. The van der Waals surface area contributed by atoms with Crippen molar-refractivity contribution in [2.24, 2.45) is 0 Å². The van der Waals surface area contributed by atoms with Gasteiger partial charge in [-0.2, -0.15) is 0 Å². The van der Waals surface area contributed by atoms with Crippen LogP contribution in [0.15, 0.2) is 24.3 Å². The van der Waals surface area contributed by atoms with Gasteiger partial charge in [-0.05, 0) is 50.1 Å². The molecule has 1 N–H and O–H groups in total. The summed E-state index contributed by atoms with van der Waals surface area (Å²) >= 11 is 11.9. The zero-order valence-electron chi connectivity index (χ0n) is 13.4. The molecule has 1 amide bonds. The van der Waals surface area contributed by atoms with E-state index in [4.69, 9.17) is 27.9 Å². The van der Waals surface area contributed by atoms with Crippen molar-refractivity contribution in [2.75, 3.05) is 11.9 Å². The first-order valence-electron chi connectivity index (χ1n) is 7.15. The van der Waals surface area contributed by atoms with E-state index in [-0.39, 0.29) is 10.7 Å². The summed E-state index contributed by atoms with van der Waals surface area (Å²) in [5.74, 6) is -1.16. The van der Waals surface area contributed by atoms with E-state index >= 15 is 0 Å². The minimum Gasteiger partial charge on any atom is -0.452 e. The van der Waals surface area contributed by atoms with E-state index in [1.165, 1.54) is 0 Å². The number of nitrogens with one attached hydrogen (secondary N) is 1. The molecular weight excluding hydrogens is 351 g/mol. The lowest BCUT2D eigenvalue weighted by molar-refractivity contribution is -0.119. The molecule has 0 aliphatic carbocycles. The minimum absolute atomic E-state index is 0.0589. The van der Waals surface area contributed by atoms with Crippen molar-refractivity contribution >= 4 is 40.8 Å². The van der Waals surface area contributed by atoms with Gasteiger partial charge in [-0.25, -0.2) is 9.78 Å². The number of halogens is 2. The molecule has 0 fully saturated rings. The van der Waals surface area contributed by atoms with Crippen molar-refractivity contribution in [3.8, 4) is 0 Å². The SMILES string of the molecule is Cc1cc(C)c(C(=O)OCC(=O)Nc2cc(Cl)ccc2C)c(Cl)n1. The van der Waals surface area contributed by atoms with Crippen LogP contribution in [0.2, 0.25) is 10.2 Å². The maximum atomic E-state index is 12.1. The standard InChI is InChI=1S/C17H16Cl2N2O3/c1-9-4-5-12(18)7-13(9)21-14(22)8-24-17(23)15-10(2)6-11(3)20-16(15)19/h4-7H,8H2,1-3H3,(H,21,22). The van der Waals surface area contributed by atoms with Crippen LogP contribution in [0.5, 0.6) is 0 Å². The van der Waals surface area contributed by atoms with Crippen LogP contribution in [0.25, 0.3) is 0 Å². The second-order valence-electron chi connectivity index (χ2n) is 5.33. The molecule has 0 aliphatic rings. The number of aromatic nitrogens is 1. The Kier molecular flexibility index (Phi) is 5.80. The van der Waals surface area contributed by atoms with E-state index in [1.807, 2.05) is 6.92 Å². The quantitative estimate of drug-likeness (QED) is 0.652. The third-order valence-corrected chi connectivity index (χ3v) is 3.82. The average molecular weight is 367 g/mol. The Labute approximate surface area is 149 Å². The van der Waals surface area contributed by atoms with Crippen LogP contribution in [0.3, 0.4) is 0 Å². The van der Waals surface area contributed by atoms with Gasteiger partial charge in [-0.15, -0.1) is 0 Å². The number of anilines is 1. The van der Waals surface area contributed by atoms with E-state index in [0.717, 1.165) is 5.56 Å². The zero-order valence-corrected chi connectivity index (χ0v) is 15.0. The largest absolute Gasteiger partial charge is 0.452 e. The summed E-state index contributed by atoms with van der Waals surface area (Å²) in [6, 6.07) is 6.85. The number of hydrogen-bond acceptors (Lipinski definition) is 4. The zero-order chi connectivity index (χ0) is 17.9. The van der Waals surface area contributed by atoms with Crippen molar-refractivity contribution in [1.29, 1.82) is 0 Å². The fraction of sp³-hybridized carbons (Fsp3) is 0.235. The van der Waals surface area contributed by atoms with Gasteiger partial charge in [0.2, 0.25) is 0 Å². The maximum absolute atomic E-state index is 12.1. The average Bonchev–Trinajstić information content (AvgIpc) is 2.48.